The van der Waals surface area contributed by atoms with E-state index in [0.717, 1.165) is 28.8 Å². The number of hydrogen-bond acceptors (Lipinski definition) is 5. The monoisotopic (exact) mass is 498 g/mol. The number of carbonyl (C=O) groups excluding carboxylic acids is 1. The molecule has 1 amide bonds. The van der Waals surface area contributed by atoms with E-state index in [1.807, 2.05) is 24.3 Å². The first-order valence-corrected chi connectivity index (χ1v) is 12.6. The SMILES string of the molecule is COc1ccc(OC)c(CNC(=O)CC2c3ccccc3CCN2S(=O)(=O)c2ccc(F)cc2)c1. The predicted octanol–water partition coefficient (Wildman–Crippen LogP) is 3.84. The van der Waals surface area contributed by atoms with Crippen molar-refractivity contribution in [2.75, 3.05) is 20.8 Å². The fraction of sp³-hybridized carbons (Fsp3) is 0.269. The van der Waals surface area contributed by atoms with Crippen LogP contribution in [0.25, 0.3) is 0 Å². The number of sulfonamides is 1. The largest absolute Gasteiger partial charge is 0.497 e. The van der Waals surface area contributed by atoms with Crippen LogP contribution in [-0.2, 0) is 27.8 Å². The van der Waals surface area contributed by atoms with Crippen molar-refractivity contribution in [1.82, 2.24) is 9.62 Å². The van der Waals surface area contributed by atoms with Crippen molar-refractivity contribution in [1.29, 1.82) is 0 Å². The molecule has 9 heteroatoms. The van der Waals surface area contributed by atoms with E-state index >= 15 is 0 Å². The summed E-state index contributed by atoms with van der Waals surface area (Å²) < 4.78 is 52.3. The number of nitrogens with zero attached hydrogens (tertiary/aromatic N) is 1. The number of ether oxygens (including phenoxy) is 2. The Morgan fingerprint density at radius 1 is 1.06 bits per heavy atom. The molecule has 0 aromatic heterocycles. The van der Waals surface area contributed by atoms with Gasteiger partial charge in [0.25, 0.3) is 0 Å². The highest BCUT2D eigenvalue weighted by molar-refractivity contribution is 7.89. The lowest BCUT2D eigenvalue weighted by Crippen LogP contribution is -2.42. The minimum atomic E-state index is -3.95. The zero-order valence-electron chi connectivity index (χ0n) is 19.5. The number of benzene rings is 3. The molecule has 1 unspecified atom stereocenters. The molecule has 0 fully saturated rings. The number of halogens is 1. The fourth-order valence-electron chi connectivity index (χ4n) is 4.33. The van der Waals surface area contributed by atoms with E-state index in [9.17, 15) is 17.6 Å². The number of nitrogens with one attached hydrogen (secondary N) is 1. The van der Waals surface area contributed by atoms with Gasteiger partial charge in [0.1, 0.15) is 17.3 Å². The molecule has 0 aliphatic carbocycles. The van der Waals surface area contributed by atoms with Gasteiger partial charge in [0.15, 0.2) is 0 Å². The molecule has 1 heterocycles. The minimum absolute atomic E-state index is 0.00944. The number of hydrogen-bond donors (Lipinski definition) is 1. The average molecular weight is 499 g/mol. The van der Waals surface area contributed by atoms with Crippen molar-refractivity contribution in [2.45, 2.75) is 30.3 Å². The molecule has 3 aromatic carbocycles. The van der Waals surface area contributed by atoms with Crippen molar-refractivity contribution < 1.29 is 27.1 Å². The number of methoxy groups -OCH3 is 2. The van der Waals surface area contributed by atoms with E-state index in [2.05, 4.69) is 5.32 Å². The van der Waals surface area contributed by atoms with E-state index in [1.165, 1.54) is 16.4 Å². The van der Waals surface area contributed by atoms with E-state index in [-0.39, 0.29) is 30.3 Å². The summed E-state index contributed by atoms with van der Waals surface area (Å²) in [7, 11) is -0.851. The molecule has 3 aromatic rings. The third-order valence-electron chi connectivity index (χ3n) is 6.13. The molecular weight excluding hydrogens is 471 g/mol. The molecular formula is C26H27FN2O5S. The second-order valence-corrected chi connectivity index (χ2v) is 10.1. The molecule has 35 heavy (non-hydrogen) atoms. The summed E-state index contributed by atoms with van der Waals surface area (Å²) in [4.78, 5) is 13.0. The maximum absolute atomic E-state index is 13.5. The van der Waals surface area contributed by atoms with Crippen LogP contribution in [0.5, 0.6) is 11.5 Å². The molecule has 1 atom stereocenters. The van der Waals surface area contributed by atoms with Crippen molar-refractivity contribution in [2.24, 2.45) is 0 Å². The van der Waals surface area contributed by atoms with Crippen LogP contribution in [0.3, 0.4) is 0 Å². The van der Waals surface area contributed by atoms with Crippen LogP contribution in [0.2, 0.25) is 0 Å². The van der Waals surface area contributed by atoms with Crippen LogP contribution < -0.4 is 14.8 Å². The van der Waals surface area contributed by atoms with Crippen LogP contribution in [0.15, 0.2) is 71.6 Å². The smallest absolute Gasteiger partial charge is 0.243 e. The van der Waals surface area contributed by atoms with Gasteiger partial charge in [0.05, 0.1) is 25.2 Å². The summed E-state index contributed by atoms with van der Waals surface area (Å²) in [5.74, 6) is 0.412. The number of fused-ring (bicyclic) bond motifs is 1. The van der Waals surface area contributed by atoms with E-state index in [4.69, 9.17) is 9.47 Å². The lowest BCUT2D eigenvalue weighted by Gasteiger charge is -2.36. The maximum atomic E-state index is 13.5. The van der Waals surface area contributed by atoms with Crippen LogP contribution in [0.1, 0.15) is 29.2 Å². The number of carbonyl (C=O) groups is 1. The third-order valence-corrected chi connectivity index (χ3v) is 8.05. The highest BCUT2D eigenvalue weighted by Crippen LogP contribution is 2.36. The first kappa shape index (κ1) is 24.7. The van der Waals surface area contributed by atoms with Crippen LogP contribution in [0.4, 0.5) is 4.39 Å². The molecule has 1 aliphatic heterocycles. The van der Waals surface area contributed by atoms with Gasteiger partial charge >= 0.3 is 0 Å². The highest BCUT2D eigenvalue weighted by atomic mass is 32.2. The van der Waals surface area contributed by atoms with E-state index in [0.29, 0.717) is 17.9 Å². The molecule has 7 nitrogen and oxygen atoms in total. The summed E-state index contributed by atoms with van der Waals surface area (Å²) >= 11 is 0. The molecule has 0 radical (unpaired) electrons. The van der Waals surface area contributed by atoms with Gasteiger partial charge < -0.3 is 14.8 Å². The minimum Gasteiger partial charge on any atom is -0.497 e. The highest BCUT2D eigenvalue weighted by Gasteiger charge is 2.37. The van der Waals surface area contributed by atoms with Gasteiger partial charge in [-0.05, 0) is 60.0 Å². The molecule has 0 bridgehead atoms. The van der Waals surface area contributed by atoms with Crippen LogP contribution >= 0.6 is 0 Å². The van der Waals surface area contributed by atoms with Gasteiger partial charge in [0, 0.05) is 25.1 Å². The van der Waals surface area contributed by atoms with Gasteiger partial charge in [-0.25, -0.2) is 12.8 Å². The number of rotatable bonds is 8. The Labute approximate surface area is 204 Å². The zero-order valence-corrected chi connectivity index (χ0v) is 20.3. The molecule has 1 N–H and O–H groups in total. The average Bonchev–Trinajstić information content (AvgIpc) is 2.87. The Bertz CT molecular complexity index is 1310. The predicted molar refractivity (Wildman–Crippen MR) is 129 cm³/mol. The van der Waals surface area contributed by atoms with Gasteiger partial charge in [-0.2, -0.15) is 4.31 Å². The van der Waals surface area contributed by atoms with Crippen LogP contribution in [0, 0.1) is 5.82 Å². The van der Waals surface area contributed by atoms with Gasteiger partial charge in [-0.15, -0.1) is 0 Å². The molecule has 0 spiro atoms. The molecule has 0 saturated carbocycles. The van der Waals surface area contributed by atoms with Gasteiger partial charge in [-0.3, -0.25) is 4.79 Å². The van der Waals surface area contributed by atoms with Crippen molar-refractivity contribution >= 4 is 15.9 Å². The van der Waals surface area contributed by atoms with E-state index in [1.54, 1.807) is 32.4 Å². The number of amides is 1. The first-order valence-electron chi connectivity index (χ1n) is 11.2. The summed E-state index contributed by atoms with van der Waals surface area (Å²) in [6.45, 7) is 0.413. The van der Waals surface area contributed by atoms with Crippen LogP contribution in [-0.4, -0.2) is 39.4 Å². The maximum Gasteiger partial charge on any atom is 0.243 e. The zero-order chi connectivity index (χ0) is 25.0. The van der Waals surface area contributed by atoms with Gasteiger partial charge in [0.2, 0.25) is 15.9 Å². The topological polar surface area (TPSA) is 84.9 Å². The summed E-state index contributed by atoms with van der Waals surface area (Å²) in [6.07, 6.45) is 0.458. The lowest BCUT2D eigenvalue weighted by atomic mass is 9.92. The summed E-state index contributed by atoms with van der Waals surface area (Å²) in [6, 6.07) is 16.9. The summed E-state index contributed by atoms with van der Waals surface area (Å²) in [5, 5.41) is 2.88. The third kappa shape index (κ3) is 5.31. The fourth-order valence-corrected chi connectivity index (χ4v) is 5.94. The Balaban J connectivity index is 1.58. The van der Waals surface area contributed by atoms with Crippen molar-refractivity contribution in [3.63, 3.8) is 0 Å². The second-order valence-electron chi connectivity index (χ2n) is 8.19. The van der Waals surface area contributed by atoms with E-state index < -0.39 is 21.9 Å². The second kappa shape index (κ2) is 10.5. The molecule has 1 aliphatic rings. The molecule has 184 valence electrons. The Hall–Kier alpha value is -3.43. The Morgan fingerprint density at radius 3 is 2.51 bits per heavy atom. The summed E-state index contributed by atoms with van der Waals surface area (Å²) in [5.41, 5.74) is 2.53. The Kier molecular flexibility index (Phi) is 7.37. The quantitative estimate of drug-likeness (QED) is 0.510. The first-order chi connectivity index (χ1) is 16.8. The molecule has 0 saturated heterocycles. The Morgan fingerprint density at radius 2 is 1.80 bits per heavy atom. The standard InChI is InChI=1S/C26H27FN2O5S/c1-33-21-9-12-25(34-2)19(15-21)17-28-26(30)16-24-23-6-4-3-5-18(23)13-14-29(24)35(31,32)22-10-7-20(27)8-11-22/h3-12,15,24H,13-14,16-17H2,1-2H3,(H,28,30). The molecule has 4 rings (SSSR count). The lowest BCUT2D eigenvalue weighted by molar-refractivity contribution is -0.122. The van der Waals surface area contributed by atoms with Crippen molar-refractivity contribution in [3.05, 3.63) is 89.2 Å². The van der Waals surface area contributed by atoms with Crippen molar-refractivity contribution in [3.8, 4) is 11.5 Å². The normalized spacial score (nSPS) is 15.8. The van der Waals surface area contributed by atoms with Gasteiger partial charge in [-0.1, -0.05) is 24.3 Å².